The molecule has 0 aromatic heterocycles. The smallest absolute Gasteiger partial charge is 0.346 e. The lowest BCUT2D eigenvalue weighted by molar-refractivity contribution is -0.137. The van der Waals surface area contributed by atoms with Crippen molar-refractivity contribution in [2.45, 2.75) is 44.9 Å². The van der Waals surface area contributed by atoms with Gasteiger partial charge in [-0.1, -0.05) is 37.2 Å². The summed E-state index contributed by atoms with van der Waals surface area (Å²) in [6.07, 6.45) is 1.64. The number of hydrogen-bond acceptors (Lipinski definition) is 8. The third kappa shape index (κ3) is 3.55. The molecule has 0 fully saturated rings. The number of allylic oxidation sites excluding steroid dienone is 1. The van der Waals surface area contributed by atoms with Crippen molar-refractivity contribution in [3.63, 3.8) is 0 Å². The summed E-state index contributed by atoms with van der Waals surface area (Å²) in [5.41, 5.74) is 2.90. The summed E-state index contributed by atoms with van der Waals surface area (Å²) in [5, 5.41) is 6.93. The van der Waals surface area contributed by atoms with E-state index in [-0.39, 0.29) is 11.8 Å². The predicted octanol–water partition coefficient (Wildman–Crippen LogP) is 4.32. The zero-order valence-corrected chi connectivity index (χ0v) is 18.4. The van der Waals surface area contributed by atoms with E-state index in [2.05, 4.69) is 16.9 Å². The predicted molar refractivity (Wildman–Crippen MR) is 116 cm³/mol. The molecule has 1 spiro atoms. The van der Waals surface area contributed by atoms with Gasteiger partial charge in [-0.25, -0.2) is 9.80 Å². The SMILES string of the molecule is CCCC1=C(C(=O)OCC)S[C@]2(SC(C(C)=O)=NN2c2cccc(C)c2)N1C. The van der Waals surface area contributed by atoms with Crippen LogP contribution in [-0.2, 0) is 14.3 Å². The van der Waals surface area contributed by atoms with Gasteiger partial charge in [-0.15, -0.1) is 0 Å². The Balaban J connectivity index is 2.08. The Hall–Kier alpha value is -1.93. The Morgan fingerprint density at radius 1 is 1.25 bits per heavy atom. The first-order valence-corrected chi connectivity index (χ1v) is 11.0. The zero-order chi connectivity index (χ0) is 20.5. The summed E-state index contributed by atoms with van der Waals surface area (Å²) < 4.78 is 4.55. The number of aryl methyl sites for hydroxylation is 1. The van der Waals surface area contributed by atoms with Crippen molar-refractivity contribution < 1.29 is 14.3 Å². The maximum atomic E-state index is 12.7. The monoisotopic (exact) mass is 419 g/mol. The molecular weight excluding hydrogens is 394 g/mol. The van der Waals surface area contributed by atoms with Crippen LogP contribution in [0, 0.1) is 6.92 Å². The first-order chi connectivity index (χ1) is 13.3. The van der Waals surface area contributed by atoms with E-state index in [4.69, 9.17) is 4.74 Å². The van der Waals surface area contributed by atoms with Gasteiger partial charge < -0.3 is 9.64 Å². The fourth-order valence-electron chi connectivity index (χ4n) is 3.20. The van der Waals surface area contributed by atoms with Gasteiger partial charge in [-0.05, 0) is 49.7 Å². The van der Waals surface area contributed by atoms with Crippen LogP contribution >= 0.6 is 23.5 Å². The Morgan fingerprint density at radius 2 is 2.00 bits per heavy atom. The van der Waals surface area contributed by atoms with Crippen LogP contribution in [0.25, 0.3) is 0 Å². The van der Waals surface area contributed by atoms with E-state index in [0.29, 0.717) is 16.6 Å². The summed E-state index contributed by atoms with van der Waals surface area (Å²) in [6, 6.07) is 7.99. The molecule has 0 unspecified atom stereocenters. The summed E-state index contributed by atoms with van der Waals surface area (Å²) in [6.45, 7) is 7.74. The van der Waals surface area contributed by atoms with Crippen LogP contribution in [-0.4, -0.2) is 39.7 Å². The van der Waals surface area contributed by atoms with Crippen molar-refractivity contribution in [1.82, 2.24) is 4.90 Å². The molecule has 0 N–H and O–H groups in total. The molecule has 2 aliphatic rings. The molecule has 1 aromatic rings. The average Bonchev–Trinajstić information content (AvgIpc) is 3.17. The van der Waals surface area contributed by atoms with E-state index >= 15 is 0 Å². The number of hydrazone groups is 1. The zero-order valence-electron chi connectivity index (χ0n) is 16.8. The summed E-state index contributed by atoms with van der Waals surface area (Å²) in [5.74, 6) is -0.407. The van der Waals surface area contributed by atoms with Gasteiger partial charge in [0, 0.05) is 19.7 Å². The molecule has 2 aliphatic heterocycles. The summed E-state index contributed by atoms with van der Waals surface area (Å²) in [7, 11) is 1.96. The number of carbonyl (C=O) groups excluding carboxylic acids is 2. The second-order valence-corrected chi connectivity index (χ2v) is 9.27. The molecular formula is C20H25N3O3S2. The second kappa shape index (κ2) is 8.21. The van der Waals surface area contributed by atoms with Gasteiger partial charge in [-0.3, -0.25) is 4.79 Å². The fraction of sp³-hybridized carbons (Fsp3) is 0.450. The Bertz CT molecular complexity index is 868. The molecule has 2 heterocycles. The molecule has 0 saturated heterocycles. The van der Waals surface area contributed by atoms with Gasteiger partial charge in [0.05, 0.1) is 12.3 Å². The molecule has 0 aliphatic carbocycles. The lowest BCUT2D eigenvalue weighted by atomic mass is 10.2. The average molecular weight is 420 g/mol. The number of carbonyl (C=O) groups is 2. The normalized spacial score (nSPS) is 21.5. The van der Waals surface area contributed by atoms with Gasteiger partial charge in [0.15, 0.2) is 10.8 Å². The lowest BCUT2D eigenvalue weighted by Crippen LogP contribution is -2.47. The van der Waals surface area contributed by atoms with Crippen molar-refractivity contribution in [2.75, 3.05) is 18.7 Å². The van der Waals surface area contributed by atoms with Crippen LogP contribution in [0.4, 0.5) is 5.69 Å². The number of Topliss-reactive ketones (excluding diaryl/α,β-unsaturated/α-hetero) is 1. The van der Waals surface area contributed by atoms with Crippen molar-refractivity contribution in [3.05, 3.63) is 40.4 Å². The molecule has 0 amide bonds. The van der Waals surface area contributed by atoms with E-state index in [1.54, 1.807) is 6.92 Å². The molecule has 1 aromatic carbocycles. The first kappa shape index (κ1) is 20.8. The standard InChI is InChI=1S/C20H25N3O3S2/c1-6-9-16-17(19(25)26-7-2)27-20(22(16)5)23(21-18(28-20)14(4)24)15-11-8-10-13(3)12-15/h8,10-12H,6-7,9H2,1-5H3/t20-/m0/s1. The Morgan fingerprint density at radius 3 is 2.61 bits per heavy atom. The maximum absolute atomic E-state index is 12.7. The number of ketones is 1. The highest BCUT2D eigenvalue weighted by molar-refractivity contribution is 8.28. The van der Waals surface area contributed by atoms with Crippen LogP contribution in [0.2, 0.25) is 0 Å². The first-order valence-electron chi connectivity index (χ1n) is 9.32. The van der Waals surface area contributed by atoms with Gasteiger partial charge >= 0.3 is 5.97 Å². The van der Waals surface area contributed by atoms with E-state index in [0.717, 1.165) is 29.8 Å². The molecule has 8 heteroatoms. The number of thioether (sulfide) groups is 2. The number of benzene rings is 1. The van der Waals surface area contributed by atoms with Crippen LogP contribution in [0.5, 0.6) is 0 Å². The van der Waals surface area contributed by atoms with Gasteiger partial charge in [0.25, 0.3) is 0 Å². The summed E-state index contributed by atoms with van der Waals surface area (Å²) >= 11 is 2.79. The van der Waals surface area contributed by atoms with Crippen LogP contribution in [0.3, 0.4) is 0 Å². The minimum Gasteiger partial charge on any atom is -0.462 e. The molecule has 28 heavy (non-hydrogen) atoms. The number of ether oxygens (including phenoxy) is 1. The molecule has 150 valence electrons. The maximum Gasteiger partial charge on any atom is 0.346 e. The topological polar surface area (TPSA) is 62.2 Å². The molecule has 6 nitrogen and oxygen atoms in total. The number of nitrogens with zero attached hydrogens (tertiary/aromatic N) is 3. The van der Waals surface area contributed by atoms with Gasteiger partial charge in [0.2, 0.25) is 4.33 Å². The van der Waals surface area contributed by atoms with E-state index in [9.17, 15) is 9.59 Å². The van der Waals surface area contributed by atoms with Crippen LogP contribution < -0.4 is 5.01 Å². The molecule has 0 radical (unpaired) electrons. The van der Waals surface area contributed by atoms with Gasteiger partial charge in [0.1, 0.15) is 4.91 Å². The number of anilines is 1. The third-order valence-electron chi connectivity index (χ3n) is 4.51. The molecule has 0 bridgehead atoms. The highest BCUT2D eigenvalue weighted by Gasteiger charge is 2.56. The minimum absolute atomic E-state index is 0.0878. The molecule has 0 saturated carbocycles. The van der Waals surface area contributed by atoms with Crippen molar-refractivity contribution in [3.8, 4) is 0 Å². The summed E-state index contributed by atoms with van der Waals surface area (Å²) in [4.78, 5) is 27.5. The quantitative estimate of drug-likeness (QED) is 0.637. The largest absolute Gasteiger partial charge is 0.462 e. The van der Waals surface area contributed by atoms with E-state index in [1.807, 2.05) is 43.2 Å². The van der Waals surface area contributed by atoms with E-state index in [1.165, 1.54) is 30.4 Å². The van der Waals surface area contributed by atoms with E-state index < -0.39 is 4.33 Å². The van der Waals surface area contributed by atoms with Gasteiger partial charge in [-0.2, -0.15) is 5.10 Å². The Kier molecular flexibility index (Phi) is 6.09. The lowest BCUT2D eigenvalue weighted by Gasteiger charge is -2.39. The second-order valence-electron chi connectivity index (χ2n) is 6.67. The van der Waals surface area contributed by atoms with Crippen LogP contribution in [0.15, 0.2) is 40.0 Å². The highest BCUT2D eigenvalue weighted by atomic mass is 32.2. The van der Waals surface area contributed by atoms with Crippen molar-refractivity contribution in [2.24, 2.45) is 5.10 Å². The molecule has 3 rings (SSSR count). The minimum atomic E-state index is -0.763. The number of rotatable bonds is 6. The Labute approximate surface area is 174 Å². The number of hydrogen-bond donors (Lipinski definition) is 0. The van der Waals surface area contributed by atoms with Crippen molar-refractivity contribution >= 4 is 46.0 Å². The fourth-order valence-corrected chi connectivity index (χ4v) is 6.09. The highest BCUT2D eigenvalue weighted by Crippen LogP contribution is 2.59. The number of esters is 1. The van der Waals surface area contributed by atoms with Crippen molar-refractivity contribution in [1.29, 1.82) is 0 Å². The molecule has 1 atom stereocenters. The van der Waals surface area contributed by atoms with Crippen LogP contribution in [0.1, 0.15) is 39.2 Å². The third-order valence-corrected chi connectivity index (χ3v) is 7.60.